The van der Waals surface area contributed by atoms with E-state index in [0.29, 0.717) is 75.1 Å². The average molecular weight is 1780 g/mol. The Morgan fingerprint density at radius 3 is 0.448 bits per heavy atom. The summed E-state index contributed by atoms with van der Waals surface area (Å²) in [5.41, 5.74) is 0. The third-order valence-electron chi connectivity index (χ3n) is 18.0. The van der Waals surface area contributed by atoms with Crippen LogP contribution in [0.15, 0.2) is 48.6 Å². The second-order valence-corrected chi connectivity index (χ2v) is 29.5. The van der Waals surface area contributed by atoms with Crippen LogP contribution in [0.5, 0.6) is 0 Å². The van der Waals surface area contributed by atoms with Gasteiger partial charge in [0.25, 0.3) is 0 Å². The second-order valence-electron chi connectivity index (χ2n) is 27.9. The fourth-order valence-corrected chi connectivity index (χ4v) is 12.0. The summed E-state index contributed by atoms with van der Waals surface area (Å²) in [6, 6.07) is 0. The molecule has 0 aliphatic rings. The van der Waals surface area contributed by atoms with Crippen molar-refractivity contribution in [2.24, 2.45) is 0 Å². The molecule has 0 saturated heterocycles. The van der Waals surface area contributed by atoms with Gasteiger partial charge in [0.15, 0.2) is 0 Å². The fourth-order valence-electron chi connectivity index (χ4n) is 11.7. The number of hydrogen-bond donors (Lipinski definition) is 0. The number of unbranched alkanes of at least 4 members (excludes halogenated alkanes) is 52. The average Bonchev–Trinajstić information content (AvgIpc) is 3.63. The molecule has 105 heavy (non-hydrogen) atoms. The molecule has 0 heterocycles. The molecule has 0 saturated carbocycles. The molecule has 620 valence electrons. The van der Waals surface area contributed by atoms with Crippen LogP contribution in [0.4, 0.5) is 0 Å². The van der Waals surface area contributed by atoms with E-state index in [4.69, 9.17) is 69.5 Å². The summed E-state index contributed by atoms with van der Waals surface area (Å²) in [5.74, 6) is 1.62. The largest absolute Gasteiger partial charge is 2.00 e. The van der Waals surface area contributed by atoms with Crippen LogP contribution in [0.25, 0.3) is 0 Å². The first-order valence-corrected chi connectivity index (χ1v) is 45.1. The third-order valence-corrected chi connectivity index (χ3v) is 18.6. The van der Waals surface area contributed by atoms with Crippen molar-refractivity contribution in [2.75, 3.05) is 49.4 Å². The van der Waals surface area contributed by atoms with Crippen molar-refractivity contribution >= 4 is 136 Å². The summed E-state index contributed by atoms with van der Waals surface area (Å²) < 4.78 is 19.9. The summed E-state index contributed by atoms with van der Waals surface area (Å²) in [4.78, 5) is 45.1. The minimum Gasteiger partial charge on any atom is -0.789 e. The zero-order chi connectivity index (χ0) is 73.7. The van der Waals surface area contributed by atoms with Crippen LogP contribution < -0.4 is 0 Å². The smallest absolute Gasteiger partial charge is 0.789 e. The maximum atomic E-state index is 11.3. The summed E-state index contributed by atoms with van der Waals surface area (Å²) in [6.45, 7) is 10.6. The van der Waals surface area contributed by atoms with Crippen LogP contribution in [0.1, 0.15) is 453 Å². The topological polar surface area (TPSA) is 105 Å². The van der Waals surface area contributed by atoms with Gasteiger partial charge >= 0.3 is 71.7 Å². The molecule has 0 atom stereocenters. The first-order valence-electron chi connectivity index (χ1n) is 42.8. The van der Waals surface area contributed by atoms with Gasteiger partial charge in [0.05, 0.1) is 26.4 Å². The molecule has 0 aromatic heterocycles. The zero-order valence-corrected chi connectivity index (χ0v) is 77.9. The Hall–Kier alpha value is 0.187. The number of esters is 4. The van der Waals surface area contributed by atoms with Crippen molar-refractivity contribution in [1.29, 1.82) is 0 Å². The molecule has 0 bridgehead atoms. The number of hydrogen-bond acceptors (Lipinski definition) is 12. The van der Waals surface area contributed by atoms with Gasteiger partial charge in [0.2, 0.25) is 0 Å². The van der Waals surface area contributed by atoms with E-state index in [9.17, 15) is 19.2 Å². The number of carbonyl (C=O) groups excluding carboxylic acids is 4. The third kappa shape index (κ3) is 128. The van der Waals surface area contributed by atoms with Gasteiger partial charge in [-0.25, -0.2) is 0 Å². The molecule has 4 radical (unpaired) electrons. The van der Waals surface area contributed by atoms with Crippen molar-refractivity contribution in [3.05, 3.63) is 48.6 Å². The van der Waals surface area contributed by atoms with Crippen LogP contribution in [-0.4, -0.2) is 121 Å². The van der Waals surface area contributed by atoms with Crippen LogP contribution in [-0.2, 0) is 88.6 Å². The fraction of sp³-hybridized carbons (Fsp3) is 0.867. The van der Waals surface area contributed by atoms with Gasteiger partial charge in [-0.15, -0.1) is 23.0 Å². The summed E-state index contributed by atoms with van der Waals surface area (Å²) in [7, 11) is 0. The van der Waals surface area contributed by atoms with Gasteiger partial charge in [0.1, 0.15) is 0 Å². The summed E-state index contributed by atoms with van der Waals surface area (Å²) >= 11 is 19.0. The van der Waals surface area contributed by atoms with E-state index in [-0.39, 0.29) is 100 Å². The first kappa shape index (κ1) is 123. The van der Waals surface area contributed by atoms with Crippen LogP contribution in [0, 0.1) is 0 Å². The molecule has 0 spiro atoms. The number of ether oxygens (including phenoxy) is 4. The molecule has 0 unspecified atom stereocenters. The maximum Gasteiger partial charge on any atom is 2.00 e. The quantitative estimate of drug-likeness (QED) is 0.0145. The molecule has 0 amide bonds. The van der Waals surface area contributed by atoms with E-state index in [1.807, 2.05) is 0 Å². The van der Waals surface area contributed by atoms with Gasteiger partial charge in [-0.2, -0.15) is 13.5 Å². The Kier molecular flexibility index (Phi) is 141. The van der Waals surface area contributed by atoms with Crippen LogP contribution in [0.2, 0.25) is 0 Å². The monoisotopic (exact) mass is 1780 g/mol. The van der Waals surface area contributed by atoms with E-state index in [0.717, 1.165) is 51.4 Å². The maximum absolute atomic E-state index is 11.3. The Bertz CT molecular complexity index is 1470. The van der Waals surface area contributed by atoms with Crippen LogP contribution in [0.3, 0.4) is 0 Å². The predicted octanol–water partition coefficient (Wildman–Crippen LogP) is 28.2. The molecule has 0 aliphatic carbocycles. The second kappa shape index (κ2) is 120. The predicted molar refractivity (Wildman–Crippen MR) is 483 cm³/mol. The van der Waals surface area contributed by atoms with E-state index < -0.39 is 0 Å². The molecule has 0 fully saturated rings. The van der Waals surface area contributed by atoms with E-state index >= 15 is 0 Å². The van der Waals surface area contributed by atoms with Crippen LogP contribution >= 0.6 is 13.5 Å². The van der Waals surface area contributed by atoms with Gasteiger partial charge in [0, 0.05) is 25.7 Å². The van der Waals surface area contributed by atoms with Crippen molar-refractivity contribution in [3.8, 4) is 0 Å². The summed E-state index contributed by atoms with van der Waals surface area (Å²) in [5, 5.41) is 0. The van der Waals surface area contributed by atoms with E-state index in [1.165, 1.54) is 334 Å². The van der Waals surface area contributed by atoms with Gasteiger partial charge in [-0.1, -0.05) is 348 Å². The van der Waals surface area contributed by atoms with E-state index in [1.54, 1.807) is 0 Å². The van der Waals surface area contributed by atoms with Gasteiger partial charge in [-0.3, -0.25) is 19.2 Å². The standard InChI is InChI=1S/4C22H42O2S.2CH4.H2S.2Sn/c4*1-2-3-4-5-6-7-8-9-10-11-12-13-14-15-16-17-18-19-22(23)24-20-21-25;;;;;/h4*12-13,25H,2-11,14-21H2,1H3;2*1H4;1H2;;/q;;;;;;;2*+2/p-4/b4*13-12+;;;;;. The molecular formula is C90H174O8S5Sn2. The minimum atomic E-state index is -0.0919. The first-order chi connectivity index (χ1) is 49.2. The van der Waals surface area contributed by atoms with Crippen molar-refractivity contribution in [2.45, 2.75) is 453 Å². The zero-order valence-electron chi connectivity index (χ0n) is 67.9. The molecule has 15 heteroatoms. The Morgan fingerprint density at radius 2 is 0.324 bits per heavy atom. The molecule has 0 rings (SSSR count). The molecule has 8 nitrogen and oxygen atoms in total. The van der Waals surface area contributed by atoms with Crippen molar-refractivity contribution < 1.29 is 38.1 Å². The summed E-state index contributed by atoms with van der Waals surface area (Å²) in [6.07, 6.45) is 99.1. The van der Waals surface area contributed by atoms with Gasteiger partial charge in [-0.05, 0) is 128 Å². The van der Waals surface area contributed by atoms with Gasteiger partial charge < -0.3 is 69.5 Å². The molecule has 0 N–H and O–H groups in total. The minimum absolute atomic E-state index is 0. The van der Waals surface area contributed by atoms with Crippen molar-refractivity contribution in [3.63, 3.8) is 0 Å². The number of allylic oxidation sites excluding steroid dienone is 8. The SMILES string of the molecule is C.C.CCCCCCCCCCC/C=C/CCCCCCC(=O)OCC[S-].CCCCCCCCCCC/C=C/CCCCCCC(=O)OCC[S-].CCCCCCCCCCC/C=C/CCCCCCC(=O)OCC[S-].CCCCCCCCCCC/C=C/CCCCCCC(=O)OCC[S-].S.[Sn+2].[Sn+2]. The Balaban J connectivity index is -0.000000165. The molecule has 0 aliphatic heterocycles. The number of carbonyl (C=O) groups is 4. The van der Waals surface area contributed by atoms with E-state index in [2.05, 4.69) is 76.3 Å². The molecular weight excluding hydrogens is 1610 g/mol. The van der Waals surface area contributed by atoms with Crippen molar-refractivity contribution in [1.82, 2.24) is 0 Å². The number of rotatable bonds is 76. The normalized spacial score (nSPS) is 10.7. The Labute approximate surface area is 719 Å². The molecule has 0 aromatic rings. The Morgan fingerprint density at radius 1 is 0.210 bits per heavy atom. The molecule has 0 aromatic carbocycles.